The molecule has 154 valence electrons. The average molecular weight is 398 g/mol. The second kappa shape index (κ2) is 8.83. The third-order valence-electron chi connectivity index (χ3n) is 5.31. The van der Waals surface area contributed by atoms with Gasteiger partial charge < -0.3 is 25.2 Å². The van der Waals surface area contributed by atoms with E-state index in [2.05, 4.69) is 10.1 Å². The maximum Gasteiger partial charge on any atom is 0.387 e. The molecule has 1 aromatic carbocycles. The van der Waals surface area contributed by atoms with Gasteiger partial charge in [0.2, 0.25) is 5.91 Å². The van der Waals surface area contributed by atoms with E-state index in [4.69, 9.17) is 0 Å². The summed E-state index contributed by atoms with van der Waals surface area (Å²) in [5.41, 5.74) is 0.244. The number of aliphatic hydroxyl groups is 2. The van der Waals surface area contributed by atoms with Crippen LogP contribution in [0.5, 0.6) is 5.75 Å². The number of rotatable bonds is 5. The van der Waals surface area contributed by atoms with Crippen molar-refractivity contribution in [2.24, 2.45) is 5.92 Å². The molecular weight excluding hydrogens is 374 g/mol. The van der Waals surface area contributed by atoms with Crippen LogP contribution in [0.3, 0.4) is 0 Å². The van der Waals surface area contributed by atoms with Gasteiger partial charge in [-0.1, -0.05) is 0 Å². The molecule has 0 spiro atoms. The standard InChI is InChI=1S/C19H24F2N2O5/c20-19(21)28-14-3-1-11(2-4-14)17(26)22-15-9-12(10-16(15)25)18(27)23-7-5-13(24)6-8-23/h1-4,12-13,15-16,19,24-25H,5-10H2,(H,22,26)/t12-,15+,16+/m0/s1. The lowest BCUT2D eigenvalue weighted by atomic mass is 10.0. The fraction of sp³-hybridized carbons (Fsp3) is 0.579. The van der Waals surface area contributed by atoms with E-state index in [1.165, 1.54) is 24.3 Å². The van der Waals surface area contributed by atoms with E-state index < -0.39 is 24.7 Å². The number of piperidine rings is 1. The highest BCUT2D eigenvalue weighted by atomic mass is 19.3. The molecular formula is C19H24F2N2O5. The first-order valence-corrected chi connectivity index (χ1v) is 9.34. The minimum absolute atomic E-state index is 0.0511. The summed E-state index contributed by atoms with van der Waals surface area (Å²) < 4.78 is 28.6. The molecule has 28 heavy (non-hydrogen) atoms. The Morgan fingerprint density at radius 2 is 1.75 bits per heavy atom. The summed E-state index contributed by atoms with van der Waals surface area (Å²) in [5.74, 6) is -0.944. The van der Waals surface area contributed by atoms with Crippen molar-refractivity contribution in [2.75, 3.05) is 13.1 Å². The highest BCUT2D eigenvalue weighted by Gasteiger charge is 2.40. The van der Waals surface area contributed by atoms with E-state index in [1.807, 2.05) is 0 Å². The summed E-state index contributed by atoms with van der Waals surface area (Å²) in [4.78, 5) is 26.7. The Kier molecular flexibility index (Phi) is 6.46. The van der Waals surface area contributed by atoms with Crippen molar-refractivity contribution >= 4 is 11.8 Å². The summed E-state index contributed by atoms with van der Waals surface area (Å²) in [6.07, 6.45) is 0.484. The van der Waals surface area contributed by atoms with Crippen LogP contribution in [0, 0.1) is 5.92 Å². The first-order chi connectivity index (χ1) is 13.3. The SMILES string of the molecule is O=C(N[C@@H]1C[C@H](C(=O)N2CCC(O)CC2)C[C@H]1O)c1ccc(OC(F)F)cc1. The number of ether oxygens (including phenoxy) is 1. The van der Waals surface area contributed by atoms with Crippen molar-refractivity contribution in [3.05, 3.63) is 29.8 Å². The maximum atomic E-state index is 12.6. The number of carbonyl (C=O) groups is 2. The Morgan fingerprint density at radius 1 is 1.11 bits per heavy atom. The highest BCUT2D eigenvalue weighted by Crippen LogP contribution is 2.29. The number of amides is 2. The van der Waals surface area contributed by atoms with E-state index in [1.54, 1.807) is 4.90 Å². The summed E-state index contributed by atoms with van der Waals surface area (Å²) in [6, 6.07) is 4.69. The predicted octanol–water partition coefficient (Wildman–Crippen LogP) is 1.14. The Labute approximate surface area is 161 Å². The van der Waals surface area contributed by atoms with Gasteiger partial charge in [0.25, 0.3) is 5.91 Å². The van der Waals surface area contributed by atoms with Crippen LogP contribution >= 0.6 is 0 Å². The zero-order valence-electron chi connectivity index (χ0n) is 15.3. The van der Waals surface area contributed by atoms with Crippen LogP contribution in [0.1, 0.15) is 36.0 Å². The number of hydrogen-bond donors (Lipinski definition) is 3. The molecule has 3 rings (SSSR count). The molecule has 2 fully saturated rings. The van der Waals surface area contributed by atoms with Crippen molar-refractivity contribution < 1.29 is 33.3 Å². The molecule has 1 heterocycles. The fourth-order valence-corrected chi connectivity index (χ4v) is 3.76. The molecule has 3 N–H and O–H groups in total. The molecule has 7 nitrogen and oxygen atoms in total. The quantitative estimate of drug-likeness (QED) is 0.691. The smallest absolute Gasteiger partial charge is 0.387 e. The topological polar surface area (TPSA) is 99.1 Å². The summed E-state index contributed by atoms with van der Waals surface area (Å²) in [6.45, 7) is -1.95. The predicted molar refractivity (Wildman–Crippen MR) is 94.9 cm³/mol. The van der Waals surface area contributed by atoms with Crippen LogP contribution in [-0.4, -0.2) is 64.9 Å². The largest absolute Gasteiger partial charge is 0.435 e. The Morgan fingerprint density at radius 3 is 2.36 bits per heavy atom. The minimum Gasteiger partial charge on any atom is -0.435 e. The zero-order chi connectivity index (χ0) is 20.3. The van der Waals surface area contributed by atoms with Crippen molar-refractivity contribution in [1.82, 2.24) is 10.2 Å². The van der Waals surface area contributed by atoms with Gasteiger partial charge in [0.15, 0.2) is 0 Å². The van der Waals surface area contributed by atoms with Crippen molar-refractivity contribution in [3.8, 4) is 5.75 Å². The monoisotopic (exact) mass is 398 g/mol. The van der Waals surface area contributed by atoms with E-state index in [0.717, 1.165) is 0 Å². The van der Waals surface area contributed by atoms with Crippen molar-refractivity contribution in [3.63, 3.8) is 0 Å². The summed E-state index contributed by atoms with van der Waals surface area (Å²) in [7, 11) is 0. The van der Waals surface area contributed by atoms with Crippen LogP contribution in [0.15, 0.2) is 24.3 Å². The van der Waals surface area contributed by atoms with Gasteiger partial charge >= 0.3 is 6.61 Å². The Bertz CT molecular complexity index is 692. The van der Waals surface area contributed by atoms with E-state index in [-0.39, 0.29) is 35.7 Å². The molecule has 1 saturated heterocycles. The van der Waals surface area contributed by atoms with Crippen molar-refractivity contribution in [2.45, 2.75) is 50.5 Å². The number of nitrogens with zero attached hydrogens (tertiary/aromatic N) is 1. The normalized spacial score (nSPS) is 25.8. The second-order valence-corrected chi connectivity index (χ2v) is 7.27. The number of alkyl halides is 2. The molecule has 0 radical (unpaired) electrons. The van der Waals surface area contributed by atoms with Gasteiger partial charge in [-0.25, -0.2) is 0 Å². The third kappa shape index (κ3) is 4.96. The molecule has 1 aromatic rings. The highest BCUT2D eigenvalue weighted by molar-refractivity contribution is 5.94. The number of aliphatic hydroxyl groups excluding tert-OH is 2. The average Bonchev–Trinajstić information content (AvgIpc) is 3.02. The fourth-order valence-electron chi connectivity index (χ4n) is 3.76. The molecule has 2 amide bonds. The number of carbonyl (C=O) groups excluding carboxylic acids is 2. The van der Waals surface area contributed by atoms with Gasteiger partial charge in [-0.15, -0.1) is 0 Å². The Hall–Kier alpha value is -2.26. The Balaban J connectivity index is 1.54. The van der Waals surface area contributed by atoms with Crippen LogP contribution in [-0.2, 0) is 4.79 Å². The van der Waals surface area contributed by atoms with Crippen LogP contribution in [0.2, 0.25) is 0 Å². The molecule has 2 aliphatic rings. The molecule has 1 aliphatic carbocycles. The molecule has 0 unspecified atom stereocenters. The molecule has 1 saturated carbocycles. The zero-order valence-corrected chi connectivity index (χ0v) is 15.3. The molecule has 1 aliphatic heterocycles. The lowest BCUT2D eigenvalue weighted by Gasteiger charge is -2.31. The second-order valence-electron chi connectivity index (χ2n) is 7.27. The van der Waals surface area contributed by atoms with Crippen LogP contribution < -0.4 is 10.1 Å². The van der Waals surface area contributed by atoms with Gasteiger partial charge in [0.1, 0.15) is 5.75 Å². The van der Waals surface area contributed by atoms with Gasteiger partial charge in [-0.05, 0) is 49.9 Å². The van der Waals surface area contributed by atoms with E-state index >= 15 is 0 Å². The number of hydrogen-bond acceptors (Lipinski definition) is 5. The molecule has 0 bridgehead atoms. The van der Waals surface area contributed by atoms with E-state index in [9.17, 15) is 28.6 Å². The third-order valence-corrected chi connectivity index (χ3v) is 5.31. The first-order valence-electron chi connectivity index (χ1n) is 9.34. The lowest BCUT2D eigenvalue weighted by molar-refractivity contribution is -0.137. The lowest BCUT2D eigenvalue weighted by Crippen LogP contribution is -2.43. The van der Waals surface area contributed by atoms with Crippen LogP contribution in [0.4, 0.5) is 8.78 Å². The molecule has 9 heteroatoms. The number of nitrogens with one attached hydrogen (secondary N) is 1. The van der Waals surface area contributed by atoms with Crippen LogP contribution in [0.25, 0.3) is 0 Å². The van der Waals surface area contributed by atoms with Gasteiger partial charge in [0, 0.05) is 24.6 Å². The summed E-state index contributed by atoms with van der Waals surface area (Å²) in [5, 5.41) is 22.5. The molecule has 3 atom stereocenters. The number of benzene rings is 1. The maximum absolute atomic E-state index is 12.6. The van der Waals surface area contributed by atoms with Gasteiger partial charge in [-0.2, -0.15) is 8.78 Å². The summed E-state index contributed by atoms with van der Waals surface area (Å²) >= 11 is 0. The minimum atomic E-state index is -2.94. The number of likely N-dealkylation sites (tertiary alicyclic amines) is 1. The van der Waals surface area contributed by atoms with E-state index in [0.29, 0.717) is 32.4 Å². The first kappa shape index (κ1) is 20.5. The van der Waals surface area contributed by atoms with Gasteiger partial charge in [0.05, 0.1) is 18.2 Å². The van der Waals surface area contributed by atoms with Crippen molar-refractivity contribution in [1.29, 1.82) is 0 Å². The van der Waals surface area contributed by atoms with Gasteiger partial charge in [-0.3, -0.25) is 9.59 Å². The number of halogens is 2. The molecule has 0 aromatic heterocycles.